The summed E-state index contributed by atoms with van der Waals surface area (Å²) in [5.41, 5.74) is 0. The Balaban J connectivity index is 1.94. The van der Waals surface area contributed by atoms with E-state index in [1.165, 1.54) is 4.90 Å². The molecular formula is C14H22N6O4. The van der Waals surface area contributed by atoms with Gasteiger partial charge in [-0.25, -0.2) is 4.79 Å². The van der Waals surface area contributed by atoms with Crippen LogP contribution in [0.15, 0.2) is 9.05 Å². The number of hydrogen-bond acceptors (Lipinski definition) is 8. The molecule has 2 amide bonds. The third-order valence-corrected chi connectivity index (χ3v) is 3.29. The van der Waals surface area contributed by atoms with E-state index in [9.17, 15) is 4.79 Å². The van der Waals surface area contributed by atoms with E-state index >= 15 is 0 Å². The van der Waals surface area contributed by atoms with Crippen molar-refractivity contribution in [3.8, 4) is 0 Å². The zero-order valence-corrected chi connectivity index (χ0v) is 14.3. The van der Waals surface area contributed by atoms with Crippen molar-refractivity contribution in [2.45, 2.75) is 46.4 Å². The largest absolute Gasteiger partial charge is 0.377 e. The van der Waals surface area contributed by atoms with E-state index in [2.05, 4.69) is 25.6 Å². The van der Waals surface area contributed by atoms with E-state index in [1.807, 2.05) is 13.8 Å². The second kappa shape index (κ2) is 8.39. The SMILES string of the molecule is CCc1noc([C@@H](C)NC(=O)N(CC)Cc2nc(COC)no2)n1. The van der Waals surface area contributed by atoms with E-state index in [4.69, 9.17) is 13.8 Å². The molecule has 2 rings (SSSR count). The molecule has 0 spiro atoms. The van der Waals surface area contributed by atoms with Crippen LogP contribution in [0.1, 0.15) is 50.2 Å². The number of rotatable bonds is 8. The van der Waals surface area contributed by atoms with Crippen LogP contribution in [0.3, 0.4) is 0 Å². The Bertz CT molecular complexity index is 655. The lowest BCUT2D eigenvalue weighted by Gasteiger charge is -2.21. The van der Waals surface area contributed by atoms with E-state index in [1.54, 1.807) is 14.0 Å². The quantitative estimate of drug-likeness (QED) is 0.768. The van der Waals surface area contributed by atoms with Gasteiger partial charge >= 0.3 is 6.03 Å². The molecule has 2 aromatic rings. The molecule has 10 heteroatoms. The summed E-state index contributed by atoms with van der Waals surface area (Å²) in [4.78, 5) is 22.3. The third-order valence-electron chi connectivity index (χ3n) is 3.29. The van der Waals surface area contributed by atoms with Crippen LogP contribution in [0.2, 0.25) is 0 Å². The molecular weight excluding hydrogens is 316 g/mol. The fourth-order valence-corrected chi connectivity index (χ4v) is 1.96. The highest BCUT2D eigenvalue weighted by molar-refractivity contribution is 5.74. The average Bonchev–Trinajstić information content (AvgIpc) is 3.22. The summed E-state index contributed by atoms with van der Waals surface area (Å²) in [7, 11) is 1.55. The highest BCUT2D eigenvalue weighted by Crippen LogP contribution is 2.11. The fraction of sp³-hybridized carbons (Fsp3) is 0.643. The first-order valence-electron chi connectivity index (χ1n) is 7.75. The normalized spacial score (nSPS) is 12.2. The number of aryl methyl sites for hydroxylation is 1. The van der Waals surface area contributed by atoms with Crippen molar-refractivity contribution in [1.82, 2.24) is 30.5 Å². The number of carbonyl (C=O) groups excluding carboxylic acids is 1. The van der Waals surface area contributed by atoms with Crippen molar-refractivity contribution in [1.29, 1.82) is 0 Å². The number of ether oxygens (including phenoxy) is 1. The molecule has 1 N–H and O–H groups in total. The van der Waals surface area contributed by atoms with Crippen LogP contribution in [-0.4, -0.2) is 44.9 Å². The third kappa shape index (κ3) is 4.51. The maximum absolute atomic E-state index is 12.4. The lowest BCUT2D eigenvalue weighted by atomic mass is 10.3. The van der Waals surface area contributed by atoms with Gasteiger partial charge in [0.25, 0.3) is 0 Å². The van der Waals surface area contributed by atoms with Gasteiger partial charge < -0.3 is 24.0 Å². The molecule has 0 saturated heterocycles. The van der Waals surface area contributed by atoms with Gasteiger partial charge in [0.1, 0.15) is 19.2 Å². The summed E-state index contributed by atoms with van der Waals surface area (Å²) in [6, 6.07) is -0.682. The summed E-state index contributed by atoms with van der Waals surface area (Å²) in [5.74, 6) is 1.76. The van der Waals surface area contributed by atoms with Crippen LogP contribution in [0.5, 0.6) is 0 Å². The minimum Gasteiger partial charge on any atom is -0.377 e. The molecule has 1 atom stereocenters. The molecule has 2 aromatic heterocycles. The minimum absolute atomic E-state index is 0.204. The summed E-state index contributed by atoms with van der Waals surface area (Å²) in [6.07, 6.45) is 0.673. The number of amides is 2. The van der Waals surface area contributed by atoms with Crippen molar-refractivity contribution >= 4 is 6.03 Å². The van der Waals surface area contributed by atoms with Gasteiger partial charge in [-0.3, -0.25) is 0 Å². The maximum atomic E-state index is 12.4. The predicted molar refractivity (Wildman–Crippen MR) is 81.7 cm³/mol. The van der Waals surface area contributed by atoms with Gasteiger partial charge in [-0.15, -0.1) is 0 Å². The second-order valence-corrected chi connectivity index (χ2v) is 5.13. The monoisotopic (exact) mass is 338 g/mol. The zero-order chi connectivity index (χ0) is 17.5. The highest BCUT2D eigenvalue weighted by atomic mass is 16.5. The summed E-state index contributed by atoms with van der Waals surface area (Å²) in [5, 5.41) is 10.4. The maximum Gasteiger partial charge on any atom is 0.318 e. The molecule has 0 fully saturated rings. The molecule has 0 aliphatic rings. The van der Waals surface area contributed by atoms with Crippen LogP contribution in [0, 0.1) is 0 Å². The molecule has 132 valence electrons. The van der Waals surface area contributed by atoms with Crippen LogP contribution in [0.25, 0.3) is 0 Å². The molecule has 2 heterocycles. The number of carbonyl (C=O) groups is 1. The molecule has 0 aromatic carbocycles. The summed E-state index contributed by atoms with van der Waals surface area (Å²) in [6.45, 7) is 6.51. The van der Waals surface area contributed by atoms with Crippen molar-refractivity contribution < 1.29 is 18.6 Å². The summed E-state index contributed by atoms with van der Waals surface area (Å²) >= 11 is 0. The number of aromatic nitrogens is 4. The number of nitrogens with zero attached hydrogens (tertiary/aromatic N) is 5. The lowest BCUT2D eigenvalue weighted by molar-refractivity contribution is 0.174. The Hall–Kier alpha value is -2.49. The first-order chi connectivity index (χ1) is 11.6. The Morgan fingerprint density at radius 1 is 1.25 bits per heavy atom. The van der Waals surface area contributed by atoms with E-state index < -0.39 is 6.04 Å². The molecule has 0 aliphatic carbocycles. The van der Waals surface area contributed by atoms with Crippen LogP contribution in [0.4, 0.5) is 4.79 Å². The molecule has 0 radical (unpaired) electrons. The summed E-state index contributed by atoms with van der Waals surface area (Å²) < 4.78 is 15.2. The molecule has 0 saturated carbocycles. The van der Waals surface area contributed by atoms with Crippen LogP contribution >= 0.6 is 0 Å². The van der Waals surface area contributed by atoms with Gasteiger partial charge in [-0.05, 0) is 13.8 Å². The smallest absolute Gasteiger partial charge is 0.318 e. The number of hydrogen-bond donors (Lipinski definition) is 1. The van der Waals surface area contributed by atoms with Gasteiger partial charge in [0.15, 0.2) is 11.6 Å². The van der Waals surface area contributed by atoms with E-state index in [-0.39, 0.29) is 19.2 Å². The van der Waals surface area contributed by atoms with Gasteiger partial charge in [-0.2, -0.15) is 9.97 Å². The molecule has 24 heavy (non-hydrogen) atoms. The van der Waals surface area contributed by atoms with Gasteiger partial charge in [0.2, 0.25) is 11.8 Å². The van der Waals surface area contributed by atoms with Crippen LogP contribution in [-0.2, 0) is 24.3 Å². The molecule has 0 unspecified atom stereocenters. The Kier molecular flexibility index (Phi) is 6.24. The zero-order valence-electron chi connectivity index (χ0n) is 14.3. The van der Waals surface area contributed by atoms with Crippen molar-refractivity contribution in [3.63, 3.8) is 0 Å². The number of methoxy groups -OCH3 is 1. The minimum atomic E-state index is -0.397. The van der Waals surface area contributed by atoms with Gasteiger partial charge in [-0.1, -0.05) is 17.2 Å². The second-order valence-electron chi connectivity index (χ2n) is 5.13. The highest BCUT2D eigenvalue weighted by Gasteiger charge is 2.21. The van der Waals surface area contributed by atoms with E-state index in [0.717, 1.165) is 0 Å². The molecule has 0 aliphatic heterocycles. The first-order valence-corrected chi connectivity index (χ1v) is 7.75. The number of nitrogens with one attached hydrogen (secondary N) is 1. The molecule has 10 nitrogen and oxygen atoms in total. The number of urea groups is 1. The Morgan fingerprint density at radius 3 is 2.62 bits per heavy atom. The van der Waals surface area contributed by atoms with Gasteiger partial charge in [0, 0.05) is 20.1 Å². The van der Waals surface area contributed by atoms with Crippen molar-refractivity contribution in [3.05, 3.63) is 23.4 Å². The fourth-order valence-electron chi connectivity index (χ4n) is 1.96. The van der Waals surface area contributed by atoms with Crippen molar-refractivity contribution in [2.75, 3.05) is 13.7 Å². The standard InChI is InChI=1S/C14H22N6O4/c1-5-10-17-13(24-18-10)9(3)15-14(21)20(6-2)7-12-16-11(8-22-4)19-23-12/h9H,5-8H2,1-4H3,(H,15,21)/t9-/m1/s1. The van der Waals surface area contributed by atoms with Crippen LogP contribution < -0.4 is 5.32 Å². The Labute approximate surface area is 139 Å². The van der Waals surface area contributed by atoms with Crippen molar-refractivity contribution in [2.24, 2.45) is 0 Å². The molecule has 0 bridgehead atoms. The predicted octanol–water partition coefficient (Wildman–Crippen LogP) is 1.45. The van der Waals surface area contributed by atoms with E-state index in [0.29, 0.717) is 36.4 Å². The topological polar surface area (TPSA) is 119 Å². The average molecular weight is 338 g/mol. The first kappa shape index (κ1) is 17.9. The van der Waals surface area contributed by atoms with Gasteiger partial charge in [0.05, 0.1) is 0 Å². The Morgan fingerprint density at radius 2 is 2.00 bits per heavy atom. The lowest BCUT2D eigenvalue weighted by Crippen LogP contribution is -2.40.